The highest BCUT2D eigenvalue weighted by Gasteiger charge is 2.34. The van der Waals surface area contributed by atoms with Gasteiger partial charge in [-0.25, -0.2) is 8.42 Å². The molecule has 3 rings (SSSR count). The third-order valence-electron chi connectivity index (χ3n) is 4.65. The lowest BCUT2D eigenvalue weighted by atomic mass is 9.87. The monoisotopic (exact) mass is 323 g/mol. The second-order valence-corrected chi connectivity index (χ2v) is 7.86. The summed E-state index contributed by atoms with van der Waals surface area (Å²) in [7, 11) is -3.56. The lowest BCUT2D eigenvalue weighted by molar-refractivity contribution is 0.306. The largest absolute Gasteiger partial charge is 0.368 e. The Kier molecular flexibility index (Phi) is 4.18. The van der Waals surface area contributed by atoms with E-state index in [0.29, 0.717) is 17.2 Å². The van der Waals surface area contributed by atoms with E-state index in [9.17, 15) is 13.3 Å². The number of fused-ring (bicyclic) bond motifs is 1. The van der Waals surface area contributed by atoms with Crippen molar-refractivity contribution in [3.05, 3.63) is 28.7 Å². The Hall–Kier alpha value is -1.47. The number of sulfonamides is 1. The fourth-order valence-corrected chi connectivity index (χ4v) is 4.73. The van der Waals surface area contributed by atoms with Crippen LogP contribution >= 0.6 is 0 Å². The predicted molar refractivity (Wildman–Crippen MR) is 85.0 cm³/mol. The third-order valence-corrected chi connectivity index (χ3v) is 6.13. The highest BCUT2D eigenvalue weighted by Crippen LogP contribution is 2.34. The molecule has 0 aromatic heterocycles. The van der Waals surface area contributed by atoms with Gasteiger partial charge in [-0.3, -0.25) is 0 Å². The first-order valence-electron chi connectivity index (χ1n) is 7.76. The molecule has 1 aliphatic carbocycles. The molecule has 2 aliphatic rings. The van der Waals surface area contributed by atoms with Crippen LogP contribution in [-0.4, -0.2) is 14.6 Å². The van der Waals surface area contributed by atoms with Gasteiger partial charge in [0.15, 0.2) is 0 Å². The van der Waals surface area contributed by atoms with E-state index in [-0.39, 0.29) is 11.1 Å². The average molecular weight is 323 g/mol. The molecule has 7 heteroatoms. The molecule has 1 aromatic rings. The number of nitrogens with zero attached hydrogens (tertiary/aromatic N) is 1. The molecule has 0 saturated heterocycles. The summed E-state index contributed by atoms with van der Waals surface area (Å²) in [4.78, 5) is 10.9. The van der Waals surface area contributed by atoms with E-state index in [2.05, 4.69) is 15.2 Å². The third kappa shape index (κ3) is 2.87. The molecular formula is C15H21N3O3S. The van der Waals surface area contributed by atoms with Gasteiger partial charge in [-0.15, -0.1) is 0 Å². The number of nitroso groups, excluding NO2 is 1. The van der Waals surface area contributed by atoms with E-state index >= 15 is 0 Å². The average Bonchev–Trinajstić information content (AvgIpc) is 2.54. The van der Waals surface area contributed by atoms with Crippen LogP contribution in [0.15, 0.2) is 28.3 Å². The molecule has 1 saturated carbocycles. The number of hydrogen-bond donors (Lipinski definition) is 2. The summed E-state index contributed by atoms with van der Waals surface area (Å²) in [5.74, 6) is 0.326. The predicted octanol–water partition coefficient (Wildman–Crippen LogP) is 3.12. The Labute approximate surface area is 130 Å². The summed E-state index contributed by atoms with van der Waals surface area (Å²) in [5.41, 5.74) is 1.22. The van der Waals surface area contributed by atoms with Crippen molar-refractivity contribution in [3.63, 3.8) is 0 Å². The van der Waals surface area contributed by atoms with Gasteiger partial charge in [0.25, 0.3) is 0 Å². The second kappa shape index (κ2) is 5.96. The Bertz CT molecular complexity index is 669. The first kappa shape index (κ1) is 15.4. The first-order valence-corrected chi connectivity index (χ1v) is 9.25. The minimum atomic E-state index is -3.56. The number of benzene rings is 1. The van der Waals surface area contributed by atoms with Crippen molar-refractivity contribution in [2.24, 2.45) is 11.1 Å². The quantitative estimate of drug-likeness (QED) is 0.837. The number of rotatable bonds is 3. The van der Waals surface area contributed by atoms with Gasteiger partial charge in [0.05, 0.1) is 11.9 Å². The normalized spacial score (nSPS) is 25.8. The SMILES string of the molecule is CC(N=O)c1ccc2c(c1)S(=O)(=O)NC(C1CCCCC1)N2. The molecule has 2 unspecified atom stereocenters. The van der Waals surface area contributed by atoms with Crippen molar-refractivity contribution in [2.45, 2.75) is 56.1 Å². The molecular weight excluding hydrogens is 302 g/mol. The van der Waals surface area contributed by atoms with E-state index < -0.39 is 16.1 Å². The fraction of sp³-hybridized carbons (Fsp3) is 0.600. The molecule has 1 fully saturated rings. The number of nitrogens with one attached hydrogen (secondary N) is 2. The van der Waals surface area contributed by atoms with Crippen LogP contribution in [0.1, 0.15) is 50.6 Å². The second-order valence-electron chi connectivity index (χ2n) is 6.18. The molecule has 2 N–H and O–H groups in total. The molecule has 0 spiro atoms. The topological polar surface area (TPSA) is 87.6 Å². The molecule has 6 nitrogen and oxygen atoms in total. The summed E-state index contributed by atoms with van der Waals surface area (Å²) >= 11 is 0. The number of hydrogen-bond acceptors (Lipinski definition) is 5. The molecule has 1 aromatic carbocycles. The molecule has 0 amide bonds. The Balaban J connectivity index is 1.92. The van der Waals surface area contributed by atoms with Crippen LogP contribution in [-0.2, 0) is 10.0 Å². The summed E-state index contributed by atoms with van der Waals surface area (Å²) in [5, 5.41) is 6.27. The maximum atomic E-state index is 12.5. The Morgan fingerprint density at radius 2 is 1.95 bits per heavy atom. The molecule has 0 bridgehead atoms. The van der Waals surface area contributed by atoms with Crippen molar-refractivity contribution in [1.29, 1.82) is 0 Å². The van der Waals surface area contributed by atoms with E-state index in [1.54, 1.807) is 19.1 Å². The van der Waals surface area contributed by atoms with Crippen LogP contribution < -0.4 is 10.0 Å². The van der Waals surface area contributed by atoms with Crippen molar-refractivity contribution >= 4 is 15.7 Å². The summed E-state index contributed by atoms with van der Waals surface area (Å²) in [6, 6.07) is 4.47. The molecule has 120 valence electrons. The van der Waals surface area contributed by atoms with E-state index in [1.807, 2.05) is 0 Å². The maximum absolute atomic E-state index is 12.5. The van der Waals surface area contributed by atoms with Gasteiger partial charge >= 0.3 is 0 Å². The molecule has 0 radical (unpaired) electrons. The zero-order valence-corrected chi connectivity index (χ0v) is 13.4. The lowest BCUT2D eigenvalue weighted by Gasteiger charge is -2.35. The van der Waals surface area contributed by atoms with Gasteiger partial charge < -0.3 is 5.32 Å². The molecule has 22 heavy (non-hydrogen) atoms. The van der Waals surface area contributed by atoms with Crippen molar-refractivity contribution in [3.8, 4) is 0 Å². The number of anilines is 1. The molecule has 2 atom stereocenters. The van der Waals surface area contributed by atoms with Crippen LogP contribution in [0, 0.1) is 10.8 Å². The van der Waals surface area contributed by atoms with E-state index in [4.69, 9.17) is 0 Å². The zero-order valence-electron chi connectivity index (χ0n) is 12.6. The van der Waals surface area contributed by atoms with E-state index in [1.165, 1.54) is 12.5 Å². The Morgan fingerprint density at radius 1 is 1.23 bits per heavy atom. The molecule has 1 heterocycles. The first-order chi connectivity index (χ1) is 10.5. The van der Waals surface area contributed by atoms with Crippen LogP contribution in [0.5, 0.6) is 0 Å². The molecule has 1 aliphatic heterocycles. The highest BCUT2D eigenvalue weighted by molar-refractivity contribution is 7.89. The summed E-state index contributed by atoms with van der Waals surface area (Å²) in [6.07, 6.45) is 5.37. The van der Waals surface area contributed by atoms with Gasteiger partial charge in [-0.1, -0.05) is 30.5 Å². The van der Waals surface area contributed by atoms with Gasteiger partial charge in [0.2, 0.25) is 10.0 Å². The van der Waals surface area contributed by atoms with Gasteiger partial charge in [-0.2, -0.15) is 9.63 Å². The smallest absolute Gasteiger partial charge is 0.244 e. The van der Waals surface area contributed by atoms with Crippen molar-refractivity contribution < 1.29 is 8.42 Å². The van der Waals surface area contributed by atoms with Gasteiger partial charge in [-0.05, 0) is 43.4 Å². The van der Waals surface area contributed by atoms with Crippen molar-refractivity contribution in [1.82, 2.24) is 4.72 Å². The van der Waals surface area contributed by atoms with Crippen molar-refractivity contribution in [2.75, 3.05) is 5.32 Å². The van der Waals surface area contributed by atoms with E-state index in [0.717, 1.165) is 25.7 Å². The summed E-state index contributed by atoms with van der Waals surface area (Å²) in [6.45, 7) is 1.65. The van der Waals surface area contributed by atoms with Gasteiger partial charge in [0, 0.05) is 0 Å². The standard InChI is InChI=1S/C15H21N3O3S/c1-10(17-19)12-7-8-13-14(9-12)22(20,21)18-15(16-13)11-5-3-2-4-6-11/h7-11,15-16,18H,2-6H2,1H3. The fourth-order valence-electron chi connectivity index (χ4n) is 3.31. The van der Waals surface area contributed by atoms with Crippen LogP contribution in [0.2, 0.25) is 0 Å². The summed E-state index contributed by atoms with van der Waals surface area (Å²) < 4.78 is 27.8. The van der Waals surface area contributed by atoms with Gasteiger partial charge in [0.1, 0.15) is 10.9 Å². The zero-order chi connectivity index (χ0) is 15.7. The van der Waals surface area contributed by atoms with Crippen LogP contribution in [0.4, 0.5) is 5.69 Å². The van der Waals surface area contributed by atoms with Crippen LogP contribution in [0.3, 0.4) is 0 Å². The lowest BCUT2D eigenvalue weighted by Crippen LogP contribution is -2.49. The maximum Gasteiger partial charge on any atom is 0.244 e. The highest BCUT2D eigenvalue weighted by atomic mass is 32.2. The minimum absolute atomic E-state index is 0.201. The minimum Gasteiger partial charge on any atom is -0.368 e. The Morgan fingerprint density at radius 3 is 2.64 bits per heavy atom. The van der Waals surface area contributed by atoms with Crippen LogP contribution in [0.25, 0.3) is 0 Å².